The highest BCUT2D eigenvalue weighted by atomic mass is 16.5. The minimum atomic E-state index is 0.238. The van der Waals surface area contributed by atoms with E-state index in [1.165, 1.54) is 5.56 Å². The molecule has 1 unspecified atom stereocenters. The summed E-state index contributed by atoms with van der Waals surface area (Å²) in [7, 11) is 0. The van der Waals surface area contributed by atoms with Crippen molar-refractivity contribution >= 4 is 0 Å². The summed E-state index contributed by atoms with van der Waals surface area (Å²) in [6, 6.07) is 11.8. The molecule has 3 rings (SSSR count). The van der Waals surface area contributed by atoms with E-state index < -0.39 is 0 Å². The Morgan fingerprint density at radius 2 is 2.15 bits per heavy atom. The molecule has 1 aromatic carbocycles. The maximum atomic E-state index is 9.83. The molecule has 0 saturated heterocycles. The Morgan fingerprint density at radius 1 is 1.30 bits per heavy atom. The summed E-state index contributed by atoms with van der Waals surface area (Å²) in [5.74, 6) is 1.18. The SMILES string of the molecule is Cc1ccc(O)c(CNC2CCOc3ccccc32)n1. The highest BCUT2D eigenvalue weighted by Gasteiger charge is 2.20. The molecule has 0 bridgehead atoms. The molecule has 0 aliphatic carbocycles. The number of nitrogens with one attached hydrogen (secondary N) is 1. The van der Waals surface area contributed by atoms with Crippen molar-refractivity contribution in [2.45, 2.75) is 25.9 Å². The standard InChI is InChI=1S/C16H18N2O2/c1-11-6-7-15(19)14(18-11)10-17-13-8-9-20-16-5-3-2-4-12(13)16/h2-7,13,17,19H,8-10H2,1H3. The van der Waals surface area contributed by atoms with Gasteiger partial charge in [-0.2, -0.15) is 0 Å². The predicted octanol–water partition coefficient (Wildman–Crippen LogP) is 2.71. The van der Waals surface area contributed by atoms with Crippen LogP contribution in [-0.2, 0) is 6.54 Å². The monoisotopic (exact) mass is 270 g/mol. The molecule has 0 saturated carbocycles. The second-order valence-electron chi connectivity index (χ2n) is 5.03. The lowest BCUT2D eigenvalue weighted by molar-refractivity contribution is 0.251. The second kappa shape index (κ2) is 5.51. The van der Waals surface area contributed by atoms with Crippen LogP contribution in [0.25, 0.3) is 0 Å². The van der Waals surface area contributed by atoms with Gasteiger partial charge in [-0.25, -0.2) is 0 Å². The Kier molecular flexibility index (Phi) is 3.56. The summed E-state index contributed by atoms with van der Waals surface area (Å²) in [4.78, 5) is 4.37. The average molecular weight is 270 g/mol. The minimum Gasteiger partial charge on any atom is -0.506 e. The van der Waals surface area contributed by atoms with Crippen LogP contribution in [0.5, 0.6) is 11.5 Å². The molecule has 0 fully saturated rings. The number of hydrogen-bond acceptors (Lipinski definition) is 4. The van der Waals surface area contributed by atoms with E-state index in [0.29, 0.717) is 18.8 Å². The van der Waals surface area contributed by atoms with Crippen LogP contribution in [0.2, 0.25) is 0 Å². The van der Waals surface area contributed by atoms with Crippen molar-refractivity contribution in [1.29, 1.82) is 0 Å². The van der Waals surface area contributed by atoms with Gasteiger partial charge in [0.15, 0.2) is 0 Å². The molecule has 1 atom stereocenters. The molecule has 2 aromatic rings. The molecule has 4 nitrogen and oxygen atoms in total. The van der Waals surface area contributed by atoms with Gasteiger partial charge >= 0.3 is 0 Å². The Labute approximate surface area is 118 Å². The van der Waals surface area contributed by atoms with E-state index in [9.17, 15) is 5.11 Å². The first-order chi connectivity index (χ1) is 9.74. The van der Waals surface area contributed by atoms with Crippen LogP contribution < -0.4 is 10.1 Å². The molecule has 1 aliphatic heterocycles. The van der Waals surface area contributed by atoms with Gasteiger partial charge < -0.3 is 15.2 Å². The fourth-order valence-electron chi connectivity index (χ4n) is 2.51. The number of aryl methyl sites for hydroxylation is 1. The molecular weight excluding hydrogens is 252 g/mol. The van der Waals surface area contributed by atoms with Gasteiger partial charge in [0.05, 0.1) is 12.3 Å². The van der Waals surface area contributed by atoms with Gasteiger partial charge in [0, 0.05) is 30.3 Å². The number of rotatable bonds is 3. The summed E-state index contributed by atoms with van der Waals surface area (Å²) in [5, 5.41) is 13.3. The highest BCUT2D eigenvalue weighted by Crippen LogP contribution is 2.31. The normalized spacial score (nSPS) is 17.4. The molecule has 0 spiro atoms. The number of aromatic hydroxyl groups is 1. The highest BCUT2D eigenvalue weighted by molar-refractivity contribution is 5.37. The molecular formula is C16H18N2O2. The quantitative estimate of drug-likeness (QED) is 0.900. The van der Waals surface area contributed by atoms with E-state index in [0.717, 1.165) is 17.9 Å². The van der Waals surface area contributed by atoms with Crippen molar-refractivity contribution in [1.82, 2.24) is 10.3 Å². The number of hydrogen-bond donors (Lipinski definition) is 2. The first kappa shape index (κ1) is 12.9. The Balaban J connectivity index is 1.75. The lowest BCUT2D eigenvalue weighted by Gasteiger charge is -2.26. The van der Waals surface area contributed by atoms with Crippen molar-refractivity contribution in [3.8, 4) is 11.5 Å². The van der Waals surface area contributed by atoms with Crippen LogP contribution in [-0.4, -0.2) is 16.7 Å². The third-order valence-corrected chi connectivity index (χ3v) is 3.56. The Hall–Kier alpha value is -2.07. The zero-order valence-corrected chi connectivity index (χ0v) is 11.5. The van der Waals surface area contributed by atoms with Gasteiger partial charge in [0.1, 0.15) is 11.5 Å². The lowest BCUT2D eigenvalue weighted by atomic mass is 10.0. The van der Waals surface area contributed by atoms with E-state index in [1.54, 1.807) is 6.07 Å². The van der Waals surface area contributed by atoms with Crippen molar-refractivity contribution in [3.05, 3.63) is 53.3 Å². The topological polar surface area (TPSA) is 54.4 Å². The maximum absolute atomic E-state index is 9.83. The van der Waals surface area contributed by atoms with E-state index in [1.807, 2.05) is 31.2 Å². The van der Waals surface area contributed by atoms with Gasteiger partial charge in [0.25, 0.3) is 0 Å². The first-order valence-corrected chi connectivity index (χ1v) is 6.84. The molecule has 1 aliphatic rings. The number of fused-ring (bicyclic) bond motifs is 1. The van der Waals surface area contributed by atoms with Crippen LogP contribution in [0, 0.1) is 6.92 Å². The van der Waals surface area contributed by atoms with Crippen LogP contribution >= 0.6 is 0 Å². The fourth-order valence-corrected chi connectivity index (χ4v) is 2.51. The maximum Gasteiger partial charge on any atom is 0.138 e. The van der Waals surface area contributed by atoms with Crippen LogP contribution in [0.3, 0.4) is 0 Å². The number of pyridine rings is 1. The zero-order valence-electron chi connectivity index (χ0n) is 11.5. The summed E-state index contributed by atoms with van der Waals surface area (Å²) in [6.45, 7) is 3.18. The van der Waals surface area contributed by atoms with Gasteiger partial charge in [0.2, 0.25) is 0 Å². The average Bonchev–Trinajstić information content (AvgIpc) is 2.48. The third-order valence-electron chi connectivity index (χ3n) is 3.56. The number of nitrogens with zero attached hydrogens (tertiary/aromatic N) is 1. The summed E-state index contributed by atoms with van der Waals surface area (Å²) in [6.07, 6.45) is 0.920. The zero-order chi connectivity index (χ0) is 13.9. The van der Waals surface area contributed by atoms with E-state index >= 15 is 0 Å². The van der Waals surface area contributed by atoms with E-state index in [-0.39, 0.29) is 11.8 Å². The molecule has 0 radical (unpaired) electrons. The molecule has 104 valence electrons. The van der Waals surface area contributed by atoms with Crippen molar-refractivity contribution in [3.63, 3.8) is 0 Å². The predicted molar refractivity (Wildman–Crippen MR) is 76.8 cm³/mol. The lowest BCUT2D eigenvalue weighted by Crippen LogP contribution is -2.27. The summed E-state index contributed by atoms with van der Waals surface area (Å²) < 4.78 is 5.64. The molecule has 2 N–H and O–H groups in total. The minimum absolute atomic E-state index is 0.238. The van der Waals surface area contributed by atoms with Gasteiger partial charge in [-0.3, -0.25) is 4.98 Å². The number of ether oxygens (including phenoxy) is 1. The first-order valence-electron chi connectivity index (χ1n) is 6.84. The van der Waals surface area contributed by atoms with E-state index in [4.69, 9.17) is 4.74 Å². The summed E-state index contributed by atoms with van der Waals surface area (Å²) in [5.41, 5.74) is 2.77. The Bertz CT molecular complexity index is 613. The van der Waals surface area contributed by atoms with Crippen LogP contribution in [0.1, 0.15) is 29.4 Å². The van der Waals surface area contributed by atoms with E-state index in [2.05, 4.69) is 16.4 Å². The molecule has 0 amide bonds. The number of aromatic nitrogens is 1. The van der Waals surface area contributed by atoms with Crippen LogP contribution in [0.4, 0.5) is 0 Å². The molecule has 4 heteroatoms. The Morgan fingerprint density at radius 3 is 3.05 bits per heavy atom. The van der Waals surface area contributed by atoms with Crippen molar-refractivity contribution < 1.29 is 9.84 Å². The van der Waals surface area contributed by atoms with Gasteiger partial charge in [-0.05, 0) is 25.1 Å². The third kappa shape index (κ3) is 2.60. The smallest absolute Gasteiger partial charge is 0.138 e. The number of benzene rings is 1. The van der Waals surface area contributed by atoms with Gasteiger partial charge in [-0.1, -0.05) is 18.2 Å². The molecule has 2 heterocycles. The fraction of sp³-hybridized carbons (Fsp3) is 0.312. The largest absolute Gasteiger partial charge is 0.506 e. The summed E-state index contributed by atoms with van der Waals surface area (Å²) >= 11 is 0. The second-order valence-corrected chi connectivity index (χ2v) is 5.03. The van der Waals surface area contributed by atoms with Crippen LogP contribution in [0.15, 0.2) is 36.4 Å². The van der Waals surface area contributed by atoms with Gasteiger partial charge in [-0.15, -0.1) is 0 Å². The molecule has 1 aromatic heterocycles. The van der Waals surface area contributed by atoms with Crippen molar-refractivity contribution in [2.24, 2.45) is 0 Å². The molecule has 20 heavy (non-hydrogen) atoms. The van der Waals surface area contributed by atoms with Crippen molar-refractivity contribution in [2.75, 3.05) is 6.61 Å². The number of para-hydroxylation sites is 1.